The van der Waals surface area contributed by atoms with E-state index in [1.807, 2.05) is 0 Å². The van der Waals surface area contributed by atoms with Gasteiger partial charge < -0.3 is 20.1 Å². The maximum Gasteiger partial charge on any atom is 0.221 e. The van der Waals surface area contributed by atoms with E-state index in [0.717, 1.165) is 25.7 Å². The molecule has 1 aromatic carbocycles. The van der Waals surface area contributed by atoms with Crippen molar-refractivity contribution in [2.45, 2.75) is 55.1 Å². The molecule has 0 spiro atoms. The molecule has 1 aromatic rings. The second-order valence-corrected chi connectivity index (χ2v) is 9.07. The molecule has 2 fully saturated rings. The number of sulfone groups is 1. The van der Waals surface area contributed by atoms with E-state index in [9.17, 15) is 13.2 Å². The number of piperidine rings is 1. The summed E-state index contributed by atoms with van der Waals surface area (Å²) in [4.78, 5) is 12.3. The number of benzene rings is 1. The van der Waals surface area contributed by atoms with Crippen LogP contribution in [0.25, 0.3) is 0 Å². The van der Waals surface area contributed by atoms with Crippen molar-refractivity contribution in [2.75, 3.05) is 20.0 Å². The Morgan fingerprint density at radius 1 is 1.15 bits per heavy atom. The molecule has 2 unspecified atom stereocenters. The number of fused-ring (bicyclic) bond motifs is 2. The van der Waals surface area contributed by atoms with E-state index in [0.29, 0.717) is 23.6 Å². The lowest BCUT2D eigenvalue weighted by Crippen LogP contribution is -2.48. The third-order valence-electron chi connectivity index (χ3n) is 5.15. The highest BCUT2D eigenvalue weighted by molar-refractivity contribution is 7.91. The average Bonchev–Trinajstić information content (AvgIpc) is 2.97. The maximum absolute atomic E-state index is 12.5. The molecular weight excluding hydrogens is 392 g/mol. The molecule has 152 valence electrons. The predicted octanol–water partition coefficient (Wildman–Crippen LogP) is 1.69. The summed E-state index contributed by atoms with van der Waals surface area (Å²) in [6.45, 7) is 0. The smallest absolute Gasteiger partial charge is 0.221 e. The van der Waals surface area contributed by atoms with Gasteiger partial charge in [0.05, 0.1) is 24.9 Å². The molecular formula is C18H27ClN2O5S. The summed E-state index contributed by atoms with van der Waals surface area (Å²) in [5, 5.41) is 6.52. The molecule has 9 heteroatoms. The van der Waals surface area contributed by atoms with Gasteiger partial charge in [-0.1, -0.05) is 0 Å². The minimum Gasteiger partial charge on any atom is -0.493 e. The number of amides is 1. The monoisotopic (exact) mass is 418 g/mol. The van der Waals surface area contributed by atoms with Crippen LogP contribution in [0.1, 0.15) is 32.1 Å². The standard InChI is InChI=1S/C18H26N2O5S.ClH/c1-24-16-6-5-15(11-17(16)25-2)26(22,23)8-7-18(21)20-14-9-12-3-4-13(10-14)19-12;/h5-6,11-14,19H,3-4,7-10H2,1-2H3,(H,20,21);1H. The number of ether oxygens (including phenoxy) is 2. The number of hydrogen-bond donors (Lipinski definition) is 2. The molecule has 1 amide bonds. The van der Waals surface area contributed by atoms with Crippen LogP contribution in [-0.4, -0.2) is 52.4 Å². The lowest BCUT2D eigenvalue weighted by Gasteiger charge is -2.29. The highest BCUT2D eigenvalue weighted by atomic mass is 35.5. The van der Waals surface area contributed by atoms with Gasteiger partial charge in [0.15, 0.2) is 21.3 Å². The normalized spacial score (nSPS) is 24.0. The van der Waals surface area contributed by atoms with Crippen molar-refractivity contribution in [1.29, 1.82) is 0 Å². The first-order chi connectivity index (χ1) is 12.4. The summed E-state index contributed by atoms with van der Waals surface area (Å²) >= 11 is 0. The summed E-state index contributed by atoms with van der Waals surface area (Å²) in [5.41, 5.74) is 0. The Kier molecular flexibility index (Phi) is 7.36. The van der Waals surface area contributed by atoms with E-state index in [2.05, 4.69) is 10.6 Å². The van der Waals surface area contributed by atoms with Gasteiger partial charge in [0.2, 0.25) is 5.91 Å². The minimum absolute atomic E-state index is 0. The third-order valence-corrected chi connectivity index (χ3v) is 6.86. The van der Waals surface area contributed by atoms with Crippen molar-refractivity contribution in [3.63, 3.8) is 0 Å². The maximum atomic E-state index is 12.5. The van der Waals surface area contributed by atoms with Crippen molar-refractivity contribution >= 4 is 28.2 Å². The molecule has 0 aliphatic carbocycles. The van der Waals surface area contributed by atoms with Crippen LogP contribution in [0.4, 0.5) is 0 Å². The second kappa shape index (κ2) is 9.12. The summed E-state index contributed by atoms with van der Waals surface area (Å²) in [5.74, 6) is 0.375. The topological polar surface area (TPSA) is 93.7 Å². The lowest BCUT2D eigenvalue weighted by molar-refractivity contribution is -0.121. The molecule has 0 saturated carbocycles. The number of carbonyl (C=O) groups is 1. The van der Waals surface area contributed by atoms with Gasteiger partial charge in [-0.25, -0.2) is 8.42 Å². The Labute approximate surface area is 166 Å². The Morgan fingerprint density at radius 3 is 2.37 bits per heavy atom. The number of hydrogen-bond acceptors (Lipinski definition) is 6. The highest BCUT2D eigenvalue weighted by Crippen LogP contribution is 2.30. The number of rotatable bonds is 7. The van der Waals surface area contributed by atoms with Crippen LogP contribution in [0, 0.1) is 0 Å². The van der Waals surface area contributed by atoms with Gasteiger partial charge in [0.1, 0.15) is 0 Å². The second-order valence-electron chi connectivity index (χ2n) is 6.96. The van der Waals surface area contributed by atoms with Crippen LogP contribution in [0.5, 0.6) is 11.5 Å². The molecule has 2 aliphatic rings. The van der Waals surface area contributed by atoms with Gasteiger partial charge in [-0.05, 0) is 37.8 Å². The number of nitrogens with one attached hydrogen (secondary N) is 2. The fourth-order valence-electron chi connectivity index (χ4n) is 3.83. The van der Waals surface area contributed by atoms with Gasteiger partial charge in [0, 0.05) is 30.6 Å². The molecule has 0 aromatic heterocycles. The fourth-order valence-corrected chi connectivity index (χ4v) is 5.08. The van der Waals surface area contributed by atoms with E-state index in [1.54, 1.807) is 6.07 Å². The van der Waals surface area contributed by atoms with E-state index in [-0.39, 0.29) is 41.4 Å². The molecule has 27 heavy (non-hydrogen) atoms. The highest BCUT2D eigenvalue weighted by Gasteiger charge is 2.34. The van der Waals surface area contributed by atoms with E-state index in [1.165, 1.54) is 26.4 Å². The fraction of sp³-hybridized carbons (Fsp3) is 0.611. The Hall–Kier alpha value is -1.51. The van der Waals surface area contributed by atoms with E-state index < -0.39 is 9.84 Å². The van der Waals surface area contributed by atoms with Crippen LogP contribution < -0.4 is 20.1 Å². The molecule has 2 bridgehead atoms. The average molecular weight is 419 g/mol. The predicted molar refractivity (Wildman–Crippen MR) is 105 cm³/mol. The first kappa shape index (κ1) is 21.8. The molecule has 2 saturated heterocycles. The van der Waals surface area contributed by atoms with Gasteiger partial charge >= 0.3 is 0 Å². The molecule has 3 rings (SSSR count). The van der Waals surface area contributed by atoms with Crippen LogP contribution in [0.3, 0.4) is 0 Å². The van der Waals surface area contributed by atoms with Crippen molar-refractivity contribution in [1.82, 2.24) is 10.6 Å². The zero-order valence-corrected chi connectivity index (χ0v) is 17.2. The first-order valence-electron chi connectivity index (χ1n) is 8.91. The zero-order chi connectivity index (χ0) is 18.7. The van der Waals surface area contributed by atoms with Crippen LogP contribution in [-0.2, 0) is 14.6 Å². The quantitative estimate of drug-likeness (QED) is 0.699. The Bertz CT molecular complexity index is 759. The lowest BCUT2D eigenvalue weighted by atomic mass is 10.00. The van der Waals surface area contributed by atoms with Crippen molar-refractivity contribution in [3.05, 3.63) is 18.2 Å². The largest absolute Gasteiger partial charge is 0.493 e. The SMILES string of the molecule is COc1ccc(S(=O)(=O)CCC(=O)NC2CC3CCC(C2)N3)cc1OC.Cl. The molecule has 2 heterocycles. The van der Waals surface area contributed by atoms with Crippen molar-refractivity contribution < 1.29 is 22.7 Å². The van der Waals surface area contributed by atoms with Crippen molar-refractivity contribution in [3.8, 4) is 11.5 Å². The Balaban J connectivity index is 0.00000261. The molecule has 2 atom stereocenters. The van der Waals surface area contributed by atoms with Gasteiger partial charge in [0.25, 0.3) is 0 Å². The number of halogens is 1. The summed E-state index contributed by atoms with van der Waals surface area (Å²) in [6.07, 6.45) is 4.11. The van der Waals surface area contributed by atoms with Crippen LogP contribution in [0.15, 0.2) is 23.1 Å². The molecule has 2 aliphatic heterocycles. The molecule has 7 nitrogen and oxygen atoms in total. The molecule has 0 radical (unpaired) electrons. The zero-order valence-electron chi connectivity index (χ0n) is 15.6. The molecule has 2 N–H and O–H groups in total. The van der Waals surface area contributed by atoms with Gasteiger partial charge in [-0.2, -0.15) is 0 Å². The van der Waals surface area contributed by atoms with E-state index >= 15 is 0 Å². The van der Waals surface area contributed by atoms with Gasteiger partial charge in [-0.3, -0.25) is 4.79 Å². The van der Waals surface area contributed by atoms with Crippen molar-refractivity contribution in [2.24, 2.45) is 0 Å². The van der Waals surface area contributed by atoms with Gasteiger partial charge in [-0.15, -0.1) is 12.4 Å². The summed E-state index contributed by atoms with van der Waals surface area (Å²) < 4.78 is 35.3. The summed E-state index contributed by atoms with van der Waals surface area (Å²) in [6, 6.07) is 5.56. The van der Waals surface area contributed by atoms with E-state index in [4.69, 9.17) is 9.47 Å². The third kappa shape index (κ3) is 5.27. The minimum atomic E-state index is -3.57. The Morgan fingerprint density at radius 2 is 1.78 bits per heavy atom. The number of methoxy groups -OCH3 is 2. The van der Waals surface area contributed by atoms with Crippen LogP contribution >= 0.6 is 12.4 Å². The number of carbonyl (C=O) groups excluding carboxylic acids is 1. The first-order valence-corrected chi connectivity index (χ1v) is 10.6. The van der Waals surface area contributed by atoms with Crippen LogP contribution in [0.2, 0.25) is 0 Å². The summed E-state index contributed by atoms with van der Waals surface area (Å²) in [7, 11) is -0.630.